The van der Waals surface area contributed by atoms with E-state index in [2.05, 4.69) is 15.6 Å². The summed E-state index contributed by atoms with van der Waals surface area (Å²) in [5, 5.41) is 5.89. The molecule has 0 spiro atoms. The summed E-state index contributed by atoms with van der Waals surface area (Å²) < 4.78 is 18.7. The van der Waals surface area contributed by atoms with Crippen molar-refractivity contribution in [2.24, 2.45) is 0 Å². The molecule has 5 nitrogen and oxygen atoms in total. The molecule has 0 aliphatic rings. The molecule has 0 unspecified atom stereocenters. The van der Waals surface area contributed by atoms with Crippen molar-refractivity contribution in [3.8, 4) is 5.75 Å². The molecule has 3 aromatic rings. The van der Waals surface area contributed by atoms with E-state index in [-0.39, 0.29) is 18.3 Å². The van der Waals surface area contributed by atoms with E-state index >= 15 is 0 Å². The number of aromatic nitrogens is 1. The summed E-state index contributed by atoms with van der Waals surface area (Å²) in [6.45, 7) is 0.735. The molecule has 1 amide bonds. The van der Waals surface area contributed by atoms with Crippen molar-refractivity contribution in [1.29, 1.82) is 0 Å². The molecule has 2 N–H and O–H groups in total. The Morgan fingerprint density at radius 1 is 1.04 bits per heavy atom. The van der Waals surface area contributed by atoms with Gasteiger partial charge in [-0.1, -0.05) is 30.3 Å². The van der Waals surface area contributed by atoms with Gasteiger partial charge in [-0.2, -0.15) is 0 Å². The molecule has 0 aliphatic heterocycles. The molecule has 0 bridgehead atoms. The van der Waals surface area contributed by atoms with Gasteiger partial charge in [-0.05, 0) is 35.9 Å². The van der Waals surface area contributed by atoms with Crippen LogP contribution in [0.4, 0.5) is 10.2 Å². The molecule has 2 aromatic carbocycles. The second kappa shape index (κ2) is 8.80. The lowest BCUT2D eigenvalue weighted by atomic mass is 10.2. The first-order chi connectivity index (χ1) is 13.2. The van der Waals surface area contributed by atoms with Crippen molar-refractivity contribution in [3.05, 3.63) is 89.4 Å². The highest BCUT2D eigenvalue weighted by molar-refractivity contribution is 5.94. The van der Waals surface area contributed by atoms with E-state index in [9.17, 15) is 9.18 Å². The minimum absolute atomic E-state index is 0.128. The Balaban J connectivity index is 1.53. The number of benzene rings is 2. The summed E-state index contributed by atoms with van der Waals surface area (Å²) in [6.07, 6.45) is 1.49. The third-order valence-corrected chi connectivity index (χ3v) is 4.06. The summed E-state index contributed by atoms with van der Waals surface area (Å²) in [7, 11) is 1.63. The molecule has 0 atom stereocenters. The summed E-state index contributed by atoms with van der Waals surface area (Å²) in [5.74, 6) is 0.834. The van der Waals surface area contributed by atoms with Gasteiger partial charge in [-0.15, -0.1) is 0 Å². The van der Waals surface area contributed by atoms with Gasteiger partial charge in [0.05, 0.1) is 12.7 Å². The van der Waals surface area contributed by atoms with Gasteiger partial charge < -0.3 is 15.4 Å². The fraction of sp³-hybridized carbons (Fsp3) is 0.143. The molecule has 138 valence electrons. The first kappa shape index (κ1) is 18.4. The largest absolute Gasteiger partial charge is 0.497 e. The molecular formula is C21H20FN3O2. The Kier molecular flexibility index (Phi) is 5.99. The number of methoxy groups -OCH3 is 1. The highest BCUT2D eigenvalue weighted by atomic mass is 19.1. The number of hydrogen-bond donors (Lipinski definition) is 2. The van der Waals surface area contributed by atoms with Crippen LogP contribution in [0.25, 0.3) is 0 Å². The number of hydrogen-bond acceptors (Lipinski definition) is 4. The van der Waals surface area contributed by atoms with E-state index in [1.165, 1.54) is 12.3 Å². The lowest BCUT2D eigenvalue weighted by molar-refractivity contribution is 0.0950. The number of halogens is 1. The summed E-state index contributed by atoms with van der Waals surface area (Å²) in [5.41, 5.74) is 1.95. The second-order valence-electron chi connectivity index (χ2n) is 5.91. The van der Waals surface area contributed by atoms with Gasteiger partial charge >= 0.3 is 0 Å². The smallest absolute Gasteiger partial charge is 0.253 e. The third kappa shape index (κ3) is 5.04. The fourth-order valence-corrected chi connectivity index (χ4v) is 2.49. The maximum absolute atomic E-state index is 13.6. The topological polar surface area (TPSA) is 63.2 Å². The standard InChI is InChI=1S/C21H20FN3O2/c1-27-18-9-6-15(7-10-18)12-23-20-11-8-17(14-24-20)21(26)25-13-16-4-2-3-5-19(16)22/h2-11,14H,12-13H2,1H3,(H,23,24)(H,25,26). The molecule has 27 heavy (non-hydrogen) atoms. The SMILES string of the molecule is COc1ccc(CNc2ccc(C(=O)NCc3ccccc3F)cn2)cc1. The van der Waals surface area contributed by atoms with Crippen molar-refractivity contribution < 1.29 is 13.9 Å². The zero-order valence-electron chi connectivity index (χ0n) is 14.9. The number of carbonyl (C=O) groups excluding carboxylic acids is 1. The first-order valence-electron chi connectivity index (χ1n) is 8.50. The average molecular weight is 365 g/mol. The Hall–Kier alpha value is -3.41. The van der Waals surface area contributed by atoms with Crippen LogP contribution in [0.2, 0.25) is 0 Å². The fourth-order valence-electron chi connectivity index (χ4n) is 2.49. The van der Waals surface area contributed by atoms with Gasteiger partial charge in [0.25, 0.3) is 5.91 Å². The Bertz CT molecular complexity index is 896. The quantitative estimate of drug-likeness (QED) is 0.669. The predicted molar refractivity (Wildman–Crippen MR) is 102 cm³/mol. The maximum Gasteiger partial charge on any atom is 0.253 e. The molecule has 0 aliphatic carbocycles. The van der Waals surface area contributed by atoms with Crippen molar-refractivity contribution in [3.63, 3.8) is 0 Å². The number of pyridine rings is 1. The number of rotatable bonds is 7. The predicted octanol–water partition coefficient (Wildman–Crippen LogP) is 3.77. The van der Waals surface area contributed by atoms with E-state index in [4.69, 9.17) is 4.74 Å². The zero-order valence-corrected chi connectivity index (χ0v) is 14.9. The molecule has 0 saturated carbocycles. The number of nitrogens with one attached hydrogen (secondary N) is 2. The number of amides is 1. The van der Waals surface area contributed by atoms with Crippen molar-refractivity contribution in [2.45, 2.75) is 13.1 Å². The lowest BCUT2D eigenvalue weighted by Crippen LogP contribution is -2.23. The minimum Gasteiger partial charge on any atom is -0.497 e. The van der Waals surface area contributed by atoms with Gasteiger partial charge in [0.2, 0.25) is 0 Å². The van der Waals surface area contributed by atoms with Crippen LogP contribution in [0.3, 0.4) is 0 Å². The molecule has 1 aromatic heterocycles. The van der Waals surface area contributed by atoms with Gasteiger partial charge in [0.15, 0.2) is 0 Å². The van der Waals surface area contributed by atoms with Gasteiger partial charge in [-0.25, -0.2) is 9.37 Å². The van der Waals surface area contributed by atoms with Gasteiger partial charge in [0, 0.05) is 24.8 Å². The van der Waals surface area contributed by atoms with E-state index in [0.29, 0.717) is 23.5 Å². The van der Waals surface area contributed by atoms with Crippen LogP contribution < -0.4 is 15.4 Å². The van der Waals surface area contributed by atoms with Crippen molar-refractivity contribution in [2.75, 3.05) is 12.4 Å². The van der Waals surface area contributed by atoms with Gasteiger partial charge in [-0.3, -0.25) is 4.79 Å². The van der Waals surface area contributed by atoms with Crippen LogP contribution >= 0.6 is 0 Å². The molecule has 0 radical (unpaired) electrons. The Morgan fingerprint density at radius 2 is 1.81 bits per heavy atom. The summed E-state index contributed by atoms with van der Waals surface area (Å²) in [4.78, 5) is 16.4. The molecular weight excluding hydrogens is 345 g/mol. The zero-order chi connectivity index (χ0) is 19.1. The van der Waals surface area contributed by atoms with E-state index in [1.54, 1.807) is 37.4 Å². The number of carbonyl (C=O) groups is 1. The van der Waals surface area contributed by atoms with E-state index < -0.39 is 0 Å². The van der Waals surface area contributed by atoms with Crippen LogP contribution in [-0.4, -0.2) is 18.0 Å². The van der Waals surface area contributed by atoms with Crippen LogP contribution in [-0.2, 0) is 13.1 Å². The highest BCUT2D eigenvalue weighted by Crippen LogP contribution is 2.13. The van der Waals surface area contributed by atoms with Crippen molar-refractivity contribution in [1.82, 2.24) is 10.3 Å². The molecule has 6 heteroatoms. The van der Waals surface area contributed by atoms with Crippen LogP contribution in [0.15, 0.2) is 66.9 Å². The van der Waals surface area contributed by atoms with E-state index in [1.807, 2.05) is 24.3 Å². The monoisotopic (exact) mass is 365 g/mol. The maximum atomic E-state index is 13.6. The lowest BCUT2D eigenvalue weighted by Gasteiger charge is -2.08. The molecule has 0 saturated heterocycles. The third-order valence-electron chi connectivity index (χ3n) is 4.06. The first-order valence-corrected chi connectivity index (χ1v) is 8.50. The number of anilines is 1. The van der Waals surface area contributed by atoms with Crippen LogP contribution in [0.1, 0.15) is 21.5 Å². The highest BCUT2D eigenvalue weighted by Gasteiger charge is 2.08. The average Bonchev–Trinajstić information content (AvgIpc) is 2.72. The second-order valence-corrected chi connectivity index (χ2v) is 5.91. The van der Waals surface area contributed by atoms with Crippen molar-refractivity contribution >= 4 is 11.7 Å². The molecule has 3 rings (SSSR count). The Labute approximate surface area is 157 Å². The normalized spacial score (nSPS) is 10.3. The van der Waals surface area contributed by atoms with Gasteiger partial charge in [0.1, 0.15) is 17.4 Å². The summed E-state index contributed by atoms with van der Waals surface area (Å²) >= 11 is 0. The summed E-state index contributed by atoms with van der Waals surface area (Å²) in [6, 6.07) is 17.5. The molecule has 0 fully saturated rings. The molecule has 1 heterocycles. The number of nitrogens with zero attached hydrogens (tertiary/aromatic N) is 1. The van der Waals surface area contributed by atoms with E-state index in [0.717, 1.165) is 11.3 Å². The van der Waals surface area contributed by atoms with Crippen LogP contribution in [0, 0.1) is 5.82 Å². The number of ether oxygens (including phenoxy) is 1. The Morgan fingerprint density at radius 3 is 2.48 bits per heavy atom. The van der Waals surface area contributed by atoms with Crippen LogP contribution in [0.5, 0.6) is 5.75 Å². The minimum atomic E-state index is -0.339.